The molecular weight excluding hydrogens is 452 g/mol. The molecule has 0 saturated heterocycles. The first-order valence-corrected chi connectivity index (χ1v) is 11.3. The number of furan rings is 1. The van der Waals surface area contributed by atoms with E-state index in [-0.39, 0.29) is 0 Å². The predicted octanol–water partition coefficient (Wildman–Crippen LogP) is 4.61. The Kier molecular flexibility index (Phi) is 6.00. The van der Waals surface area contributed by atoms with Crippen LogP contribution in [0.15, 0.2) is 88.3 Å². The lowest BCUT2D eigenvalue weighted by atomic mass is 10.1. The van der Waals surface area contributed by atoms with Crippen molar-refractivity contribution in [3.63, 3.8) is 0 Å². The van der Waals surface area contributed by atoms with Crippen LogP contribution in [0.5, 0.6) is 5.75 Å². The molecule has 2 N–H and O–H groups in total. The molecule has 5 rings (SSSR count). The van der Waals surface area contributed by atoms with E-state index in [0.717, 1.165) is 5.69 Å². The number of hydrogen-bond donors (Lipinski definition) is 2. The Hall–Kier alpha value is -4.50. The molecular formula is C25H18N4O4S. The fourth-order valence-corrected chi connectivity index (χ4v) is 3.88. The monoisotopic (exact) mass is 470 g/mol. The summed E-state index contributed by atoms with van der Waals surface area (Å²) in [5.41, 5.74) is 9.43. The molecule has 0 radical (unpaired) electrons. The van der Waals surface area contributed by atoms with Crippen LogP contribution in [0.25, 0.3) is 22.4 Å². The third-order valence-corrected chi connectivity index (χ3v) is 5.65. The first-order valence-electron chi connectivity index (χ1n) is 10.3. The molecule has 168 valence electrons. The van der Waals surface area contributed by atoms with Gasteiger partial charge in [-0.15, -0.1) is 11.3 Å². The van der Waals surface area contributed by atoms with E-state index < -0.39 is 11.8 Å². The van der Waals surface area contributed by atoms with Crippen molar-refractivity contribution in [1.29, 1.82) is 0 Å². The Labute approximate surface area is 198 Å². The van der Waals surface area contributed by atoms with Gasteiger partial charge in [0, 0.05) is 16.3 Å². The molecule has 3 heterocycles. The number of amides is 2. The number of hydrogen-bond acceptors (Lipinski definition) is 7. The molecule has 0 unspecified atom stereocenters. The van der Waals surface area contributed by atoms with Gasteiger partial charge >= 0.3 is 0 Å². The van der Waals surface area contributed by atoms with Crippen LogP contribution in [0.3, 0.4) is 0 Å². The third kappa shape index (κ3) is 4.64. The van der Waals surface area contributed by atoms with Gasteiger partial charge in [0.05, 0.1) is 28.5 Å². The molecule has 0 saturated carbocycles. The Bertz CT molecular complexity index is 1430. The van der Waals surface area contributed by atoms with Crippen LogP contribution in [0.2, 0.25) is 0 Å². The predicted molar refractivity (Wildman–Crippen MR) is 127 cm³/mol. The van der Waals surface area contributed by atoms with Gasteiger partial charge in [-0.25, -0.2) is 9.97 Å². The molecule has 8 nitrogen and oxygen atoms in total. The normalized spacial score (nSPS) is 10.7. The van der Waals surface area contributed by atoms with Crippen molar-refractivity contribution in [2.45, 2.75) is 6.61 Å². The molecule has 0 fully saturated rings. The number of hydrazine groups is 1. The van der Waals surface area contributed by atoms with Crippen molar-refractivity contribution in [3.8, 4) is 17.2 Å². The van der Waals surface area contributed by atoms with Crippen LogP contribution < -0.4 is 15.6 Å². The summed E-state index contributed by atoms with van der Waals surface area (Å²) >= 11 is 1.50. The summed E-state index contributed by atoms with van der Waals surface area (Å²) in [6.07, 6.45) is 1.54. The fraction of sp³-hybridized carbons (Fsp3) is 0.0400. The molecule has 5 aromatic rings. The highest BCUT2D eigenvalue weighted by atomic mass is 32.1. The Morgan fingerprint density at radius 3 is 2.56 bits per heavy atom. The van der Waals surface area contributed by atoms with E-state index in [1.54, 1.807) is 60.3 Å². The number of fused-ring (bicyclic) bond motifs is 1. The summed E-state index contributed by atoms with van der Waals surface area (Å²) in [4.78, 5) is 34.2. The maximum absolute atomic E-state index is 13.0. The summed E-state index contributed by atoms with van der Waals surface area (Å²) in [5.74, 6) is 0.232. The van der Waals surface area contributed by atoms with Gasteiger partial charge in [0.15, 0.2) is 5.76 Å². The van der Waals surface area contributed by atoms with E-state index in [4.69, 9.17) is 9.15 Å². The number of para-hydroxylation sites is 1. The molecule has 2 amide bonds. The SMILES string of the molecule is O=C(NNC(=O)c1cc(-c2ccco2)nc2ccccc12)c1ccc(OCc2cscn2)cc1. The van der Waals surface area contributed by atoms with Crippen molar-refractivity contribution >= 4 is 34.1 Å². The number of benzene rings is 2. The summed E-state index contributed by atoms with van der Waals surface area (Å²) in [6, 6.07) is 19.1. The molecule has 0 spiro atoms. The minimum absolute atomic E-state index is 0.352. The van der Waals surface area contributed by atoms with Gasteiger partial charge in [0.2, 0.25) is 0 Å². The van der Waals surface area contributed by atoms with Gasteiger partial charge in [0.1, 0.15) is 18.1 Å². The largest absolute Gasteiger partial charge is 0.487 e. The summed E-state index contributed by atoms with van der Waals surface area (Å²) < 4.78 is 11.1. The molecule has 34 heavy (non-hydrogen) atoms. The minimum atomic E-state index is -0.469. The number of carbonyl (C=O) groups is 2. The zero-order chi connectivity index (χ0) is 23.3. The van der Waals surface area contributed by atoms with E-state index in [0.29, 0.717) is 45.8 Å². The zero-order valence-electron chi connectivity index (χ0n) is 17.7. The Balaban J connectivity index is 1.27. The van der Waals surface area contributed by atoms with Crippen molar-refractivity contribution in [2.24, 2.45) is 0 Å². The molecule has 0 atom stereocenters. The minimum Gasteiger partial charge on any atom is -0.487 e. The highest BCUT2D eigenvalue weighted by Crippen LogP contribution is 2.25. The molecule has 9 heteroatoms. The van der Waals surface area contributed by atoms with Gasteiger partial charge in [-0.2, -0.15) is 0 Å². The van der Waals surface area contributed by atoms with Gasteiger partial charge in [-0.1, -0.05) is 18.2 Å². The molecule has 2 aromatic carbocycles. The second kappa shape index (κ2) is 9.55. The quantitative estimate of drug-likeness (QED) is 0.351. The standard InChI is InChI=1S/C25H18N4O4S/c30-24(16-7-9-18(10-8-16)33-13-17-14-34-15-26-17)28-29-25(31)20-12-22(23-6-3-11-32-23)27-21-5-2-1-4-19(20)21/h1-12,14-15H,13H2,(H,28,30)(H,29,31). The van der Waals surface area contributed by atoms with Crippen LogP contribution >= 0.6 is 11.3 Å². The summed E-state index contributed by atoms with van der Waals surface area (Å²) in [6.45, 7) is 0.352. The number of pyridine rings is 1. The van der Waals surface area contributed by atoms with E-state index >= 15 is 0 Å². The maximum Gasteiger partial charge on any atom is 0.270 e. The smallest absolute Gasteiger partial charge is 0.270 e. The molecule has 3 aromatic heterocycles. The summed E-state index contributed by atoms with van der Waals surface area (Å²) in [5, 5.41) is 2.57. The van der Waals surface area contributed by atoms with Crippen LogP contribution in [0, 0.1) is 0 Å². The number of aromatic nitrogens is 2. The van der Waals surface area contributed by atoms with E-state index in [1.807, 2.05) is 23.6 Å². The van der Waals surface area contributed by atoms with Crippen LogP contribution in [0.1, 0.15) is 26.4 Å². The van der Waals surface area contributed by atoms with Crippen LogP contribution in [-0.4, -0.2) is 21.8 Å². The highest BCUT2D eigenvalue weighted by Gasteiger charge is 2.16. The third-order valence-electron chi connectivity index (χ3n) is 5.01. The fourth-order valence-electron chi connectivity index (χ4n) is 3.34. The van der Waals surface area contributed by atoms with E-state index in [2.05, 4.69) is 20.8 Å². The number of nitrogens with one attached hydrogen (secondary N) is 2. The topological polar surface area (TPSA) is 106 Å². The number of nitrogens with zero attached hydrogens (tertiary/aromatic N) is 2. The number of thiazole rings is 1. The van der Waals surface area contributed by atoms with Gasteiger partial charge in [-0.3, -0.25) is 20.4 Å². The van der Waals surface area contributed by atoms with E-state index in [9.17, 15) is 9.59 Å². The first kappa shape index (κ1) is 21.4. The molecule has 0 aliphatic carbocycles. The van der Waals surface area contributed by atoms with Crippen molar-refractivity contribution in [1.82, 2.24) is 20.8 Å². The molecule has 0 aliphatic rings. The highest BCUT2D eigenvalue weighted by molar-refractivity contribution is 7.07. The van der Waals surface area contributed by atoms with Crippen molar-refractivity contribution < 1.29 is 18.7 Å². The van der Waals surface area contributed by atoms with Crippen LogP contribution in [0.4, 0.5) is 0 Å². The lowest BCUT2D eigenvalue weighted by Crippen LogP contribution is -2.41. The maximum atomic E-state index is 13.0. The van der Waals surface area contributed by atoms with Crippen LogP contribution in [-0.2, 0) is 6.61 Å². The first-order chi connectivity index (χ1) is 16.7. The Morgan fingerprint density at radius 2 is 1.79 bits per heavy atom. The zero-order valence-corrected chi connectivity index (χ0v) is 18.5. The van der Waals surface area contributed by atoms with Gasteiger partial charge in [0.25, 0.3) is 11.8 Å². The average molecular weight is 471 g/mol. The number of rotatable bonds is 6. The lowest BCUT2D eigenvalue weighted by molar-refractivity contribution is 0.0847. The Morgan fingerprint density at radius 1 is 0.971 bits per heavy atom. The molecule has 0 aliphatic heterocycles. The molecule has 0 bridgehead atoms. The van der Waals surface area contributed by atoms with Crippen molar-refractivity contribution in [2.75, 3.05) is 0 Å². The second-order valence-corrected chi connectivity index (χ2v) is 7.97. The number of carbonyl (C=O) groups excluding carboxylic acids is 2. The second-order valence-electron chi connectivity index (χ2n) is 7.25. The van der Waals surface area contributed by atoms with E-state index in [1.165, 1.54) is 11.3 Å². The van der Waals surface area contributed by atoms with Gasteiger partial charge in [-0.05, 0) is 48.5 Å². The average Bonchev–Trinajstić information content (AvgIpc) is 3.60. The number of ether oxygens (including phenoxy) is 1. The lowest BCUT2D eigenvalue weighted by Gasteiger charge is -2.11. The van der Waals surface area contributed by atoms with Crippen molar-refractivity contribution in [3.05, 3.63) is 101 Å². The summed E-state index contributed by atoms with van der Waals surface area (Å²) in [7, 11) is 0. The van der Waals surface area contributed by atoms with Gasteiger partial charge < -0.3 is 9.15 Å².